The van der Waals surface area contributed by atoms with Gasteiger partial charge < -0.3 is 10.0 Å². The van der Waals surface area contributed by atoms with Gasteiger partial charge in [0.2, 0.25) is 0 Å². The van der Waals surface area contributed by atoms with Crippen LogP contribution in [0.5, 0.6) is 0 Å². The molecule has 29 heavy (non-hydrogen) atoms. The van der Waals surface area contributed by atoms with Gasteiger partial charge in [0.25, 0.3) is 0 Å². The number of aromatic nitrogens is 2. The minimum absolute atomic E-state index is 0.0859. The lowest BCUT2D eigenvalue weighted by Gasteiger charge is -2.13. The molecular weight excluding hydrogens is 359 g/mol. The van der Waals surface area contributed by atoms with Crippen LogP contribution in [0.1, 0.15) is 22.4 Å². The van der Waals surface area contributed by atoms with E-state index in [1.807, 2.05) is 54.6 Å². The molecule has 3 aromatic rings. The summed E-state index contributed by atoms with van der Waals surface area (Å²) in [5.74, 6) is 0. The lowest BCUT2D eigenvalue weighted by molar-refractivity contribution is 0.422. The van der Waals surface area contributed by atoms with E-state index in [2.05, 4.69) is 36.3 Å². The summed E-state index contributed by atoms with van der Waals surface area (Å²) in [6.45, 7) is 15.4. The van der Waals surface area contributed by atoms with E-state index in [1.165, 1.54) is 0 Å². The molecule has 0 unspecified atom stereocenters. The normalized spacial score (nSPS) is 10.3. The molecule has 0 atom stereocenters. The standard InChI is InChI=1S/C24H21BN2O2/c1-5-16-10-9-11-21(19(16)6-2)17-12-14-18(15-13-17)23-20(7-3)22(8-4)26-24(27-23)25(28)29/h5-15,28-29H,1-4H2. The first kappa shape index (κ1) is 20.2. The number of benzene rings is 2. The Morgan fingerprint density at radius 1 is 0.724 bits per heavy atom. The van der Waals surface area contributed by atoms with Gasteiger partial charge in [-0.1, -0.05) is 87.0 Å². The van der Waals surface area contributed by atoms with E-state index in [1.54, 1.807) is 12.2 Å². The van der Waals surface area contributed by atoms with Crippen LogP contribution in [0, 0.1) is 0 Å². The molecule has 4 nitrogen and oxygen atoms in total. The highest BCUT2D eigenvalue weighted by molar-refractivity contribution is 6.56. The van der Waals surface area contributed by atoms with Crippen molar-refractivity contribution in [2.24, 2.45) is 0 Å². The fourth-order valence-corrected chi connectivity index (χ4v) is 3.25. The third kappa shape index (κ3) is 3.87. The maximum absolute atomic E-state index is 9.53. The lowest BCUT2D eigenvalue weighted by atomic mass is 9.89. The molecular formula is C24H21BN2O2. The fourth-order valence-electron chi connectivity index (χ4n) is 3.25. The van der Waals surface area contributed by atoms with E-state index in [4.69, 9.17) is 0 Å². The van der Waals surface area contributed by atoms with Gasteiger partial charge >= 0.3 is 7.12 Å². The molecule has 3 rings (SSSR count). The summed E-state index contributed by atoms with van der Waals surface area (Å²) in [5.41, 5.74) is 6.55. The van der Waals surface area contributed by atoms with Crippen LogP contribution in [-0.4, -0.2) is 27.1 Å². The molecule has 0 aliphatic heterocycles. The molecule has 5 heteroatoms. The number of nitrogens with zero attached hydrogens (tertiary/aromatic N) is 2. The molecule has 2 aromatic carbocycles. The smallest absolute Gasteiger partial charge is 0.421 e. The predicted molar refractivity (Wildman–Crippen MR) is 123 cm³/mol. The Morgan fingerprint density at radius 2 is 1.38 bits per heavy atom. The molecule has 0 amide bonds. The van der Waals surface area contributed by atoms with E-state index in [9.17, 15) is 10.0 Å². The highest BCUT2D eigenvalue weighted by Crippen LogP contribution is 2.31. The molecule has 0 aliphatic rings. The summed E-state index contributed by atoms with van der Waals surface area (Å²) in [5, 5.41) is 19.1. The van der Waals surface area contributed by atoms with Gasteiger partial charge in [-0.2, -0.15) is 0 Å². The number of rotatable bonds is 7. The Bertz CT molecular complexity index is 1100. The van der Waals surface area contributed by atoms with E-state index >= 15 is 0 Å². The monoisotopic (exact) mass is 380 g/mol. The molecule has 0 spiro atoms. The van der Waals surface area contributed by atoms with Crippen LogP contribution in [-0.2, 0) is 0 Å². The zero-order valence-electron chi connectivity index (χ0n) is 16.0. The van der Waals surface area contributed by atoms with Crippen molar-refractivity contribution < 1.29 is 10.0 Å². The molecule has 0 saturated carbocycles. The third-order valence-electron chi connectivity index (χ3n) is 4.65. The molecule has 0 saturated heterocycles. The van der Waals surface area contributed by atoms with Crippen LogP contribution in [0.3, 0.4) is 0 Å². The molecule has 142 valence electrons. The predicted octanol–water partition coefficient (Wildman–Crippen LogP) is 4.06. The van der Waals surface area contributed by atoms with Crippen molar-refractivity contribution in [3.63, 3.8) is 0 Å². The minimum atomic E-state index is -1.78. The molecule has 0 fully saturated rings. The molecule has 0 aliphatic carbocycles. The first-order valence-electron chi connectivity index (χ1n) is 9.05. The Kier molecular flexibility index (Phi) is 6.03. The van der Waals surface area contributed by atoms with E-state index in [0.717, 1.165) is 27.8 Å². The molecule has 1 aromatic heterocycles. The largest absolute Gasteiger partial charge is 0.528 e. The lowest BCUT2D eigenvalue weighted by Crippen LogP contribution is -2.36. The summed E-state index contributed by atoms with van der Waals surface area (Å²) in [7, 11) is -1.78. The maximum atomic E-state index is 9.53. The average molecular weight is 380 g/mol. The molecule has 0 radical (unpaired) electrons. The Morgan fingerprint density at radius 3 is 1.93 bits per heavy atom. The minimum Gasteiger partial charge on any atom is -0.421 e. The number of hydrogen-bond acceptors (Lipinski definition) is 4. The van der Waals surface area contributed by atoms with Gasteiger partial charge in [-0.15, -0.1) is 0 Å². The SMILES string of the molecule is C=Cc1cccc(-c2ccc(-c3nc(B(O)O)nc(C=C)c3C=C)cc2)c1C=C. The topological polar surface area (TPSA) is 66.2 Å². The van der Waals surface area contributed by atoms with Crippen LogP contribution < -0.4 is 5.72 Å². The second-order valence-electron chi connectivity index (χ2n) is 6.31. The van der Waals surface area contributed by atoms with Crippen molar-refractivity contribution in [2.45, 2.75) is 0 Å². The van der Waals surface area contributed by atoms with Crippen LogP contribution in [0.25, 0.3) is 46.7 Å². The summed E-state index contributed by atoms with van der Waals surface area (Å²) in [4.78, 5) is 8.46. The summed E-state index contributed by atoms with van der Waals surface area (Å²) < 4.78 is 0. The van der Waals surface area contributed by atoms with Crippen molar-refractivity contribution in [1.29, 1.82) is 0 Å². The highest BCUT2D eigenvalue weighted by atomic mass is 16.4. The summed E-state index contributed by atoms with van der Waals surface area (Å²) >= 11 is 0. The van der Waals surface area contributed by atoms with Gasteiger partial charge in [-0.25, -0.2) is 9.97 Å². The maximum Gasteiger partial charge on any atom is 0.528 e. The van der Waals surface area contributed by atoms with Gasteiger partial charge in [0.05, 0.1) is 11.4 Å². The van der Waals surface area contributed by atoms with Crippen LogP contribution in [0.2, 0.25) is 0 Å². The molecule has 2 N–H and O–H groups in total. The zero-order valence-corrected chi connectivity index (χ0v) is 16.0. The highest BCUT2D eigenvalue weighted by Gasteiger charge is 2.20. The quantitative estimate of drug-likeness (QED) is 0.607. The molecule has 0 bridgehead atoms. The first-order chi connectivity index (χ1) is 14.0. The van der Waals surface area contributed by atoms with Gasteiger partial charge in [0, 0.05) is 11.1 Å². The summed E-state index contributed by atoms with van der Waals surface area (Å²) in [6.07, 6.45) is 6.81. The van der Waals surface area contributed by atoms with Crippen molar-refractivity contribution in [1.82, 2.24) is 9.97 Å². The van der Waals surface area contributed by atoms with Gasteiger partial charge in [-0.05, 0) is 28.3 Å². The van der Waals surface area contributed by atoms with Crippen LogP contribution >= 0.6 is 0 Å². The van der Waals surface area contributed by atoms with Crippen molar-refractivity contribution in [3.8, 4) is 22.4 Å². The van der Waals surface area contributed by atoms with Crippen molar-refractivity contribution in [3.05, 3.63) is 91.2 Å². The number of hydrogen-bond donors (Lipinski definition) is 2. The second-order valence-corrected chi connectivity index (χ2v) is 6.31. The Labute approximate surface area is 171 Å². The zero-order chi connectivity index (χ0) is 21.0. The third-order valence-corrected chi connectivity index (χ3v) is 4.65. The van der Waals surface area contributed by atoms with Crippen molar-refractivity contribution >= 4 is 37.1 Å². The second kappa shape index (κ2) is 8.65. The van der Waals surface area contributed by atoms with E-state index < -0.39 is 7.12 Å². The van der Waals surface area contributed by atoms with Gasteiger partial charge in [0.15, 0.2) is 5.72 Å². The van der Waals surface area contributed by atoms with E-state index in [-0.39, 0.29) is 5.72 Å². The van der Waals surface area contributed by atoms with Gasteiger partial charge in [0.1, 0.15) is 0 Å². The van der Waals surface area contributed by atoms with Crippen molar-refractivity contribution in [2.75, 3.05) is 0 Å². The molecule has 1 heterocycles. The summed E-state index contributed by atoms with van der Waals surface area (Å²) in [6, 6.07) is 13.9. The van der Waals surface area contributed by atoms with E-state index in [0.29, 0.717) is 17.0 Å². The Balaban J connectivity index is 2.14. The Hall–Kier alpha value is -3.54. The van der Waals surface area contributed by atoms with Crippen LogP contribution in [0.15, 0.2) is 68.8 Å². The van der Waals surface area contributed by atoms with Gasteiger partial charge in [-0.3, -0.25) is 0 Å². The fraction of sp³-hybridized carbons (Fsp3) is 0. The first-order valence-corrected chi connectivity index (χ1v) is 9.05. The van der Waals surface area contributed by atoms with Crippen LogP contribution in [0.4, 0.5) is 0 Å². The average Bonchev–Trinajstić information content (AvgIpc) is 2.77.